The van der Waals surface area contributed by atoms with Gasteiger partial charge < -0.3 is 0 Å². The van der Waals surface area contributed by atoms with Gasteiger partial charge in [-0.15, -0.1) is 11.3 Å². The first kappa shape index (κ1) is 18.8. The van der Waals surface area contributed by atoms with E-state index in [-0.39, 0.29) is 11.6 Å². The molecule has 0 saturated carbocycles. The molecule has 10 heteroatoms. The first-order chi connectivity index (χ1) is 14.0. The number of hydrogen-bond donors (Lipinski definition) is 1. The zero-order chi connectivity index (χ0) is 20.4. The number of amides is 1. The lowest BCUT2D eigenvalue weighted by atomic mass is 10.1. The Morgan fingerprint density at radius 3 is 2.83 bits per heavy atom. The standard InChI is InChI=1S/C19H12ClN5O3S/c20-14-4-2-5-15(8-14)24-10-13(9-21-24)18(26)23-19-22-17(11-29-19)12-3-1-6-16(7-12)25(27)28/h1-11H,(H,22,23,26). The summed E-state index contributed by atoms with van der Waals surface area (Å²) >= 11 is 7.22. The van der Waals surface area contributed by atoms with Gasteiger partial charge in [0.25, 0.3) is 11.6 Å². The van der Waals surface area contributed by atoms with Crippen molar-refractivity contribution in [3.63, 3.8) is 0 Å². The molecule has 0 aliphatic rings. The third-order valence-electron chi connectivity index (χ3n) is 3.99. The summed E-state index contributed by atoms with van der Waals surface area (Å²) in [6.45, 7) is 0. The van der Waals surface area contributed by atoms with Crippen molar-refractivity contribution in [2.24, 2.45) is 0 Å². The Labute approximate surface area is 173 Å². The van der Waals surface area contributed by atoms with Gasteiger partial charge in [0.1, 0.15) is 0 Å². The summed E-state index contributed by atoms with van der Waals surface area (Å²) in [6, 6.07) is 13.3. The van der Waals surface area contributed by atoms with Crippen LogP contribution < -0.4 is 5.32 Å². The van der Waals surface area contributed by atoms with E-state index in [1.807, 2.05) is 6.07 Å². The van der Waals surface area contributed by atoms with Gasteiger partial charge in [-0.2, -0.15) is 5.10 Å². The molecule has 2 aromatic heterocycles. The molecule has 2 aromatic carbocycles. The van der Waals surface area contributed by atoms with Crippen LogP contribution in [0.1, 0.15) is 10.4 Å². The molecule has 4 rings (SSSR count). The van der Waals surface area contributed by atoms with Crippen molar-refractivity contribution in [1.82, 2.24) is 14.8 Å². The second kappa shape index (κ2) is 7.82. The predicted octanol–water partition coefficient (Wildman–Crippen LogP) is 4.81. The van der Waals surface area contributed by atoms with Crippen molar-refractivity contribution in [3.05, 3.63) is 87.0 Å². The maximum Gasteiger partial charge on any atom is 0.270 e. The molecular formula is C19H12ClN5O3S. The molecule has 4 aromatic rings. The van der Waals surface area contributed by atoms with Crippen LogP contribution in [-0.2, 0) is 0 Å². The smallest absolute Gasteiger partial charge is 0.270 e. The molecule has 0 atom stereocenters. The Balaban J connectivity index is 1.50. The number of non-ortho nitro benzene ring substituents is 1. The van der Waals surface area contributed by atoms with Crippen molar-refractivity contribution in [2.45, 2.75) is 0 Å². The van der Waals surface area contributed by atoms with Crippen LogP contribution in [0.2, 0.25) is 5.02 Å². The fourth-order valence-corrected chi connectivity index (χ4v) is 3.51. The molecule has 8 nitrogen and oxygen atoms in total. The number of benzene rings is 2. The van der Waals surface area contributed by atoms with Gasteiger partial charge in [-0.05, 0) is 18.2 Å². The van der Waals surface area contributed by atoms with Gasteiger partial charge in [0.2, 0.25) is 0 Å². The monoisotopic (exact) mass is 425 g/mol. The number of carbonyl (C=O) groups excluding carboxylic acids is 1. The summed E-state index contributed by atoms with van der Waals surface area (Å²) < 4.78 is 1.55. The maximum atomic E-state index is 12.5. The third kappa shape index (κ3) is 4.15. The molecule has 1 N–H and O–H groups in total. The highest BCUT2D eigenvalue weighted by Gasteiger charge is 2.14. The summed E-state index contributed by atoms with van der Waals surface area (Å²) in [5.74, 6) is -0.363. The quantitative estimate of drug-likeness (QED) is 0.365. The fraction of sp³-hybridized carbons (Fsp3) is 0. The van der Waals surface area contributed by atoms with Crippen molar-refractivity contribution in [2.75, 3.05) is 5.32 Å². The average molecular weight is 426 g/mol. The van der Waals surface area contributed by atoms with Crippen LogP contribution in [0.4, 0.5) is 10.8 Å². The van der Waals surface area contributed by atoms with E-state index < -0.39 is 4.92 Å². The van der Waals surface area contributed by atoms with E-state index >= 15 is 0 Å². The summed E-state index contributed by atoms with van der Waals surface area (Å²) in [5.41, 5.74) is 2.22. The topological polar surface area (TPSA) is 103 Å². The maximum absolute atomic E-state index is 12.5. The van der Waals surface area contributed by atoms with Crippen LogP contribution in [0.3, 0.4) is 0 Å². The van der Waals surface area contributed by atoms with E-state index in [1.54, 1.807) is 46.6 Å². The third-order valence-corrected chi connectivity index (χ3v) is 4.99. The number of nitrogens with zero attached hydrogens (tertiary/aromatic N) is 4. The SMILES string of the molecule is O=C(Nc1nc(-c2cccc([N+](=O)[O-])c2)cs1)c1cnn(-c2cccc(Cl)c2)c1. The lowest BCUT2D eigenvalue weighted by molar-refractivity contribution is -0.384. The lowest BCUT2D eigenvalue weighted by Crippen LogP contribution is -2.10. The number of thiazole rings is 1. The van der Waals surface area contributed by atoms with Crippen LogP contribution in [-0.4, -0.2) is 25.6 Å². The van der Waals surface area contributed by atoms with Gasteiger partial charge in [-0.1, -0.05) is 29.8 Å². The molecule has 0 fully saturated rings. The number of nitrogens with one attached hydrogen (secondary N) is 1. The Hall–Kier alpha value is -3.56. The minimum atomic E-state index is -0.462. The number of nitro groups is 1. The molecular weight excluding hydrogens is 414 g/mol. The van der Waals surface area contributed by atoms with Gasteiger partial charge in [0.05, 0.1) is 28.1 Å². The summed E-state index contributed by atoms with van der Waals surface area (Å²) in [7, 11) is 0. The Bertz CT molecular complexity index is 1220. The van der Waals surface area contributed by atoms with E-state index in [1.165, 1.54) is 29.7 Å². The van der Waals surface area contributed by atoms with Crippen molar-refractivity contribution < 1.29 is 9.72 Å². The van der Waals surface area contributed by atoms with Crippen LogP contribution in [0.25, 0.3) is 16.9 Å². The molecule has 0 aliphatic heterocycles. The van der Waals surface area contributed by atoms with Gasteiger partial charge >= 0.3 is 0 Å². The highest BCUT2D eigenvalue weighted by Crippen LogP contribution is 2.27. The molecule has 144 valence electrons. The van der Waals surface area contributed by atoms with E-state index in [9.17, 15) is 14.9 Å². The van der Waals surface area contributed by atoms with Gasteiger partial charge in [-0.3, -0.25) is 20.2 Å². The van der Waals surface area contributed by atoms with E-state index in [2.05, 4.69) is 15.4 Å². The number of aromatic nitrogens is 3. The Morgan fingerprint density at radius 2 is 2.03 bits per heavy atom. The zero-order valence-electron chi connectivity index (χ0n) is 14.7. The van der Waals surface area contributed by atoms with E-state index in [0.717, 1.165) is 5.69 Å². The number of carbonyl (C=O) groups is 1. The second-order valence-electron chi connectivity index (χ2n) is 5.95. The molecule has 0 bridgehead atoms. The number of halogens is 1. The Kier molecular flexibility index (Phi) is 5.07. The largest absolute Gasteiger partial charge is 0.298 e. The average Bonchev–Trinajstić information content (AvgIpc) is 3.38. The number of anilines is 1. The highest BCUT2D eigenvalue weighted by molar-refractivity contribution is 7.14. The van der Waals surface area contributed by atoms with Crippen molar-refractivity contribution in [1.29, 1.82) is 0 Å². The van der Waals surface area contributed by atoms with Gasteiger partial charge in [-0.25, -0.2) is 9.67 Å². The summed E-state index contributed by atoms with van der Waals surface area (Å²) in [4.78, 5) is 27.3. The van der Waals surface area contributed by atoms with Crippen LogP contribution in [0.15, 0.2) is 66.3 Å². The van der Waals surface area contributed by atoms with E-state index in [0.29, 0.717) is 27.0 Å². The first-order valence-electron chi connectivity index (χ1n) is 8.32. The molecule has 2 heterocycles. The minimum absolute atomic E-state index is 0.0190. The Morgan fingerprint density at radius 1 is 1.21 bits per heavy atom. The van der Waals surface area contributed by atoms with E-state index in [4.69, 9.17) is 11.6 Å². The number of hydrogen-bond acceptors (Lipinski definition) is 6. The first-order valence-corrected chi connectivity index (χ1v) is 9.58. The highest BCUT2D eigenvalue weighted by atomic mass is 35.5. The number of rotatable bonds is 5. The lowest BCUT2D eigenvalue weighted by Gasteiger charge is -2.01. The number of nitro benzene ring substituents is 1. The minimum Gasteiger partial charge on any atom is -0.298 e. The second-order valence-corrected chi connectivity index (χ2v) is 7.25. The predicted molar refractivity (Wildman–Crippen MR) is 111 cm³/mol. The molecule has 29 heavy (non-hydrogen) atoms. The van der Waals surface area contributed by atoms with Crippen LogP contribution in [0, 0.1) is 10.1 Å². The van der Waals surface area contributed by atoms with Gasteiger partial charge in [0.15, 0.2) is 5.13 Å². The zero-order valence-corrected chi connectivity index (χ0v) is 16.2. The fourth-order valence-electron chi connectivity index (χ4n) is 2.61. The summed E-state index contributed by atoms with van der Waals surface area (Å²) in [5, 5.41) is 20.5. The van der Waals surface area contributed by atoms with Crippen LogP contribution in [0.5, 0.6) is 0 Å². The molecule has 1 amide bonds. The molecule has 0 aliphatic carbocycles. The van der Waals surface area contributed by atoms with Crippen LogP contribution >= 0.6 is 22.9 Å². The van der Waals surface area contributed by atoms with Crippen molar-refractivity contribution in [3.8, 4) is 16.9 Å². The molecule has 0 spiro atoms. The molecule has 0 saturated heterocycles. The van der Waals surface area contributed by atoms with Gasteiger partial charge in [0, 0.05) is 34.3 Å². The molecule has 0 unspecified atom stereocenters. The summed E-state index contributed by atoms with van der Waals surface area (Å²) in [6.07, 6.45) is 3.04. The van der Waals surface area contributed by atoms with Crippen molar-refractivity contribution >= 4 is 39.7 Å². The normalized spacial score (nSPS) is 10.7. The molecule has 0 radical (unpaired) electrons.